The first-order valence-electron chi connectivity index (χ1n) is 15.5. The van der Waals surface area contributed by atoms with Crippen molar-refractivity contribution in [3.63, 3.8) is 0 Å². The van der Waals surface area contributed by atoms with Gasteiger partial charge in [-0.2, -0.15) is 5.10 Å². The van der Waals surface area contributed by atoms with Gasteiger partial charge in [-0.1, -0.05) is 12.1 Å². The minimum Gasteiger partial charge on any atom is -0.381 e. The van der Waals surface area contributed by atoms with E-state index >= 15 is 0 Å². The first-order chi connectivity index (χ1) is 22.2. The maximum atomic E-state index is 14.2. The molecule has 13 heteroatoms. The number of anilines is 1. The van der Waals surface area contributed by atoms with Crippen LogP contribution in [0.3, 0.4) is 0 Å². The molecule has 0 radical (unpaired) electrons. The van der Waals surface area contributed by atoms with E-state index in [4.69, 9.17) is 9.47 Å². The summed E-state index contributed by atoms with van der Waals surface area (Å²) in [6, 6.07) is 8.49. The number of aryl methyl sites for hydroxylation is 1. The molecule has 1 unspecified atom stereocenters. The number of carbonyl (C=O) groups excluding carboxylic acids is 3. The Morgan fingerprint density at radius 1 is 1.07 bits per heavy atom. The van der Waals surface area contributed by atoms with Gasteiger partial charge in [0.25, 0.3) is 0 Å². The first kappa shape index (κ1) is 30.6. The van der Waals surface area contributed by atoms with Crippen LogP contribution < -0.4 is 5.32 Å². The number of Topliss-reactive ketones (excluding diaryl/α,β-unsaturated/α-hetero) is 1. The van der Waals surface area contributed by atoms with Crippen molar-refractivity contribution in [3.8, 4) is 11.1 Å². The molecule has 46 heavy (non-hydrogen) atoms. The van der Waals surface area contributed by atoms with Crippen LogP contribution in [0.1, 0.15) is 54.5 Å². The van der Waals surface area contributed by atoms with Crippen LogP contribution in [0.5, 0.6) is 0 Å². The van der Waals surface area contributed by atoms with E-state index in [9.17, 15) is 14.4 Å². The molecule has 3 aromatic heterocycles. The van der Waals surface area contributed by atoms with Crippen molar-refractivity contribution in [3.05, 3.63) is 64.4 Å². The van der Waals surface area contributed by atoms with Gasteiger partial charge in [-0.3, -0.25) is 19.1 Å². The van der Waals surface area contributed by atoms with E-state index in [1.807, 2.05) is 37.3 Å². The number of benzene rings is 1. The average Bonchev–Trinajstić information content (AvgIpc) is 3.45. The van der Waals surface area contributed by atoms with Crippen LogP contribution in [0.2, 0.25) is 0 Å². The van der Waals surface area contributed by atoms with Crippen molar-refractivity contribution in [2.24, 2.45) is 5.41 Å². The van der Waals surface area contributed by atoms with Crippen molar-refractivity contribution in [2.45, 2.75) is 64.8 Å². The number of carbonyl (C=O) groups is 3. The second-order valence-corrected chi connectivity index (χ2v) is 13.2. The minimum absolute atomic E-state index is 0.121. The van der Waals surface area contributed by atoms with Crippen molar-refractivity contribution in [1.82, 2.24) is 29.6 Å². The molecule has 7 rings (SSSR count). The largest absolute Gasteiger partial charge is 0.381 e. The minimum atomic E-state index is -0.711. The molecule has 1 saturated carbocycles. The van der Waals surface area contributed by atoms with Gasteiger partial charge in [0, 0.05) is 60.5 Å². The van der Waals surface area contributed by atoms with Crippen molar-refractivity contribution >= 4 is 50.2 Å². The Morgan fingerprint density at radius 2 is 1.85 bits per heavy atom. The fourth-order valence-electron chi connectivity index (χ4n) is 6.67. The van der Waals surface area contributed by atoms with Crippen LogP contribution in [0, 0.1) is 12.3 Å². The number of hydrogen-bond donors (Lipinski definition) is 1. The summed E-state index contributed by atoms with van der Waals surface area (Å²) in [5.74, 6) is 0.316. The van der Waals surface area contributed by atoms with Crippen LogP contribution in [0.15, 0.2) is 47.3 Å². The normalized spacial score (nSPS) is 23.2. The highest BCUT2D eigenvalue weighted by Gasteiger charge is 2.67. The zero-order valence-electron chi connectivity index (χ0n) is 25.7. The van der Waals surface area contributed by atoms with Crippen LogP contribution in [-0.2, 0) is 32.2 Å². The van der Waals surface area contributed by atoms with Gasteiger partial charge in [-0.15, -0.1) is 0 Å². The summed E-state index contributed by atoms with van der Waals surface area (Å²) in [6.07, 6.45) is 6.46. The quantitative estimate of drug-likeness (QED) is 0.243. The van der Waals surface area contributed by atoms with E-state index in [-0.39, 0.29) is 41.3 Å². The number of ketones is 1. The maximum absolute atomic E-state index is 14.2. The van der Waals surface area contributed by atoms with Gasteiger partial charge < -0.3 is 19.7 Å². The standard InChI is InChI=1S/C33H34BrN7O5/c1-19(42)30-24-11-21(23-14-35-20(2)36-15-23)5-7-25(24)40(39-30)16-29(43)41-26-12-33(13-27(33)41)18-46-10-4-3-9-45-17-22-6-8-28(34)37-31(22)38-32(26)44/h5-8,11,14-15,26-27H,3-4,9-10,12-13,16-18H2,1-2H3,(H,37,38,44)/t26-,27?,33-/m0/s1. The monoisotopic (exact) mass is 687 g/mol. The predicted octanol–water partition coefficient (Wildman–Crippen LogP) is 4.49. The predicted molar refractivity (Wildman–Crippen MR) is 172 cm³/mol. The van der Waals surface area contributed by atoms with Gasteiger partial charge in [-0.05, 0) is 72.3 Å². The second kappa shape index (κ2) is 12.3. The number of amides is 2. The van der Waals surface area contributed by atoms with Gasteiger partial charge in [0.2, 0.25) is 11.8 Å². The molecule has 2 bridgehead atoms. The molecule has 2 amide bonds. The molecule has 4 aromatic rings. The van der Waals surface area contributed by atoms with Gasteiger partial charge in [0.15, 0.2) is 5.78 Å². The number of piperidine rings is 1. The number of likely N-dealkylation sites (tertiary alicyclic amines) is 1. The molecule has 238 valence electrons. The molecule has 2 aliphatic heterocycles. The lowest BCUT2D eigenvalue weighted by Gasteiger charge is -2.27. The van der Waals surface area contributed by atoms with Crippen molar-refractivity contribution < 1.29 is 23.9 Å². The number of nitrogens with one attached hydrogen (secondary N) is 1. The molecule has 1 aromatic carbocycles. The highest BCUT2D eigenvalue weighted by atomic mass is 79.9. The van der Waals surface area contributed by atoms with Gasteiger partial charge in [0.05, 0.1) is 18.7 Å². The average molecular weight is 689 g/mol. The summed E-state index contributed by atoms with van der Waals surface area (Å²) in [5.41, 5.74) is 3.06. The summed E-state index contributed by atoms with van der Waals surface area (Å²) in [4.78, 5) is 55.5. The molecule has 1 aliphatic carbocycles. The summed E-state index contributed by atoms with van der Waals surface area (Å²) < 4.78 is 14.1. The van der Waals surface area contributed by atoms with E-state index in [2.05, 4.69) is 41.3 Å². The van der Waals surface area contributed by atoms with Crippen LogP contribution >= 0.6 is 15.9 Å². The third-order valence-corrected chi connectivity index (χ3v) is 9.59. The van der Waals surface area contributed by atoms with E-state index < -0.39 is 6.04 Å². The zero-order chi connectivity index (χ0) is 32.0. The molecule has 2 fully saturated rings. The second-order valence-electron chi connectivity index (χ2n) is 12.4. The number of fused-ring (bicyclic) bond motifs is 3. The molecule has 12 nitrogen and oxygen atoms in total. The van der Waals surface area contributed by atoms with Crippen LogP contribution in [0.4, 0.5) is 5.82 Å². The number of nitrogens with zero attached hydrogens (tertiary/aromatic N) is 6. The van der Waals surface area contributed by atoms with Gasteiger partial charge >= 0.3 is 0 Å². The van der Waals surface area contributed by atoms with E-state index in [1.54, 1.807) is 22.0 Å². The molecular weight excluding hydrogens is 654 g/mol. The summed E-state index contributed by atoms with van der Waals surface area (Å²) in [5, 5.41) is 8.21. The number of aromatic nitrogens is 5. The summed E-state index contributed by atoms with van der Waals surface area (Å²) in [7, 11) is 0. The maximum Gasteiger partial charge on any atom is 0.248 e. The Hall–Kier alpha value is -4.07. The SMILES string of the molecule is CC(=O)c1nn(CC(=O)N2C3C[C@@]34COCCCCOCc3ccc(Br)nc3NC(=O)[C@@H]2C4)c2ccc(-c3cnc(C)nc3)cc12. The van der Waals surface area contributed by atoms with E-state index in [1.165, 1.54) is 6.92 Å². The first-order valence-corrected chi connectivity index (χ1v) is 16.3. The molecule has 1 saturated heterocycles. The van der Waals surface area contributed by atoms with E-state index in [0.29, 0.717) is 60.0 Å². The molecule has 3 aliphatic rings. The highest BCUT2D eigenvalue weighted by molar-refractivity contribution is 9.10. The third kappa shape index (κ3) is 5.82. The Balaban J connectivity index is 1.19. The Bertz CT molecular complexity index is 1840. The molecule has 1 spiro atoms. The van der Waals surface area contributed by atoms with Gasteiger partial charge in [0.1, 0.15) is 34.5 Å². The number of rotatable bonds is 4. The molecule has 1 N–H and O–H groups in total. The topological polar surface area (TPSA) is 141 Å². The number of pyridine rings is 1. The lowest BCUT2D eigenvalue weighted by molar-refractivity contribution is -0.138. The summed E-state index contributed by atoms with van der Waals surface area (Å²) >= 11 is 3.41. The lowest BCUT2D eigenvalue weighted by atomic mass is 10.00. The molecule has 5 heterocycles. The molecular formula is C33H34BrN7O5. The smallest absolute Gasteiger partial charge is 0.248 e. The number of hydrogen-bond acceptors (Lipinski definition) is 9. The lowest BCUT2D eigenvalue weighted by Crippen LogP contribution is -2.47. The summed E-state index contributed by atoms with van der Waals surface area (Å²) in [6.45, 7) is 5.12. The third-order valence-electron chi connectivity index (χ3n) is 9.15. The fourth-order valence-corrected chi connectivity index (χ4v) is 6.98. The number of ether oxygens (including phenoxy) is 2. The van der Waals surface area contributed by atoms with Crippen molar-refractivity contribution in [1.29, 1.82) is 0 Å². The fraction of sp³-hybridized carbons (Fsp3) is 0.424. The molecule has 3 atom stereocenters. The van der Waals surface area contributed by atoms with Crippen LogP contribution in [0.25, 0.3) is 22.0 Å². The zero-order valence-corrected chi connectivity index (χ0v) is 27.2. The van der Waals surface area contributed by atoms with Gasteiger partial charge in [-0.25, -0.2) is 15.0 Å². The highest BCUT2D eigenvalue weighted by Crippen LogP contribution is 2.60. The van der Waals surface area contributed by atoms with Crippen LogP contribution in [-0.4, -0.2) is 79.1 Å². The number of halogens is 1. The van der Waals surface area contributed by atoms with Crippen molar-refractivity contribution in [2.75, 3.05) is 25.1 Å². The van der Waals surface area contributed by atoms with E-state index in [0.717, 1.165) is 36.0 Å². The Kier molecular flexibility index (Phi) is 8.16. The Labute approximate surface area is 274 Å². The Morgan fingerprint density at radius 3 is 2.63 bits per heavy atom.